The molecule has 0 aromatic heterocycles. The fraction of sp³-hybridized carbons (Fsp3) is 0.571. The summed E-state index contributed by atoms with van der Waals surface area (Å²) in [4.78, 5) is 0.448. The van der Waals surface area contributed by atoms with Crippen LogP contribution in [0.1, 0.15) is 26.2 Å². The van der Waals surface area contributed by atoms with E-state index in [4.69, 9.17) is 0 Å². The second kappa shape index (κ2) is 5.41. The molecular formula is C14H21NO2S. The molecule has 1 N–H and O–H groups in total. The molecule has 1 aliphatic rings. The van der Waals surface area contributed by atoms with Crippen LogP contribution in [0.2, 0.25) is 0 Å². The molecule has 0 spiro atoms. The highest BCUT2D eigenvalue weighted by atomic mass is 32.2. The molecule has 3 nitrogen and oxygen atoms in total. The molecule has 0 bridgehead atoms. The Labute approximate surface area is 110 Å². The zero-order valence-electron chi connectivity index (χ0n) is 11.0. The summed E-state index contributed by atoms with van der Waals surface area (Å²) in [6.45, 7) is 2.14. The molecule has 3 unspecified atom stereocenters. The van der Waals surface area contributed by atoms with Gasteiger partial charge in [-0.05, 0) is 44.4 Å². The Morgan fingerprint density at radius 3 is 2.44 bits per heavy atom. The van der Waals surface area contributed by atoms with Crippen molar-refractivity contribution in [3.63, 3.8) is 0 Å². The SMILES string of the molecule is CNC1CCC(C)CC1S(=O)(=O)c1ccccc1. The van der Waals surface area contributed by atoms with Crippen molar-refractivity contribution >= 4 is 9.84 Å². The molecule has 3 atom stereocenters. The van der Waals surface area contributed by atoms with E-state index in [1.165, 1.54) is 0 Å². The lowest BCUT2D eigenvalue weighted by Gasteiger charge is -2.34. The second-order valence-corrected chi connectivity index (χ2v) is 7.38. The number of sulfone groups is 1. The van der Waals surface area contributed by atoms with Crippen molar-refractivity contribution in [2.24, 2.45) is 5.92 Å². The summed E-state index contributed by atoms with van der Waals surface area (Å²) in [5, 5.41) is 2.87. The first-order valence-corrected chi connectivity index (χ1v) is 8.06. The van der Waals surface area contributed by atoms with Crippen molar-refractivity contribution in [1.82, 2.24) is 5.32 Å². The topological polar surface area (TPSA) is 46.2 Å². The van der Waals surface area contributed by atoms with E-state index in [-0.39, 0.29) is 11.3 Å². The number of rotatable bonds is 3. The summed E-state index contributed by atoms with van der Waals surface area (Å²) in [5.41, 5.74) is 0. The molecule has 1 aromatic rings. The van der Waals surface area contributed by atoms with E-state index in [1.54, 1.807) is 24.3 Å². The van der Waals surface area contributed by atoms with Crippen molar-refractivity contribution in [2.45, 2.75) is 42.4 Å². The van der Waals surface area contributed by atoms with E-state index < -0.39 is 9.84 Å². The molecule has 1 aliphatic carbocycles. The minimum atomic E-state index is -3.22. The van der Waals surface area contributed by atoms with E-state index in [1.807, 2.05) is 13.1 Å². The number of hydrogen-bond donors (Lipinski definition) is 1. The molecule has 100 valence electrons. The maximum atomic E-state index is 12.7. The van der Waals surface area contributed by atoms with Crippen molar-refractivity contribution in [1.29, 1.82) is 0 Å². The van der Waals surface area contributed by atoms with E-state index in [2.05, 4.69) is 12.2 Å². The summed E-state index contributed by atoms with van der Waals surface area (Å²) in [5.74, 6) is 0.484. The zero-order valence-corrected chi connectivity index (χ0v) is 11.8. The average molecular weight is 267 g/mol. The summed E-state index contributed by atoms with van der Waals surface area (Å²) < 4.78 is 25.3. The van der Waals surface area contributed by atoms with Crippen LogP contribution >= 0.6 is 0 Å². The minimum absolute atomic E-state index is 0.0754. The Bertz CT molecular complexity index is 484. The lowest BCUT2D eigenvalue weighted by atomic mass is 9.87. The monoisotopic (exact) mass is 267 g/mol. The average Bonchev–Trinajstić information content (AvgIpc) is 2.39. The van der Waals surface area contributed by atoms with E-state index in [9.17, 15) is 8.42 Å². The normalized spacial score (nSPS) is 29.1. The summed E-state index contributed by atoms with van der Waals surface area (Å²) >= 11 is 0. The first-order valence-electron chi connectivity index (χ1n) is 6.52. The summed E-state index contributed by atoms with van der Waals surface area (Å²) in [7, 11) is -1.36. The van der Waals surface area contributed by atoms with Crippen LogP contribution < -0.4 is 5.32 Å². The standard InChI is InChI=1S/C14H21NO2S/c1-11-8-9-13(15-2)14(10-11)18(16,17)12-6-4-3-5-7-12/h3-7,11,13-15H,8-10H2,1-2H3. The van der Waals surface area contributed by atoms with Crippen LogP contribution in [0.5, 0.6) is 0 Å². The van der Waals surface area contributed by atoms with Gasteiger partial charge >= 0.3 is 0 Å². The summed E-state index contributed by atoms with van der Waals surface area (Å²) in [6.07, 6.45) is 2.80. The van der Waals surface area contributed by atoms with E-state index >= 15 is 0 Å². The number of nitrogens with one attached hydrogen (secondary N) is 1. The van der Waals surface area contributed by atoms with Crippen LogP contribution in [0.3, 0.4) is 0 Å². The van der Waals surface area contributed by atoms with Crippen molar-refractivity contribution in [3.05, 3.63) is 30.3 Å². The number of hydrogen-bond acceptors (Lipinski definition) is 3. The van der Waals surface area contributed by atoms with E-state index in [0.717, 1.165) is 19.3 Å². The molecule has 0 amide bonds. The van der Waals surface area contributed by atoms with Gasteiger partial charge in [0.15, 0.2) is 9.84 Å². The van der Waals surface area contributed by atoms with Gasteiger partial charge in [-0.15, -0.1) is 0 Å². The van der Waals surface area contributed by atoms with Crippen LogP contribution in [0.25, 0.3) is 0 Å². The molecule has 4 heteroatoms. The maximum Gasteiger partial charge on any atom is 0.182 e. The van der Waals surface area contributed by atoms with Gasteiger partial charge in [-0.2, -0.15) is 0 Å². The van der Waals surface area contributed by atoms with Crippen LogP contribution in [-0.2, 0) is 9.84 Å². The molecule has 0 aliphatic heterocycles. The summed E-state index contributed by atoms with van der Waals surface area (Å²) in [6, 6.07) is 8.88. The van der Waals surface area contributed by atoms with Crippen LogP contribution in [0.4, 0.5) is 0 Å². The van der Waals surface area contributed by atoms with Gasteiger partial charge in [-0.3, -0.25) is 0 Å². The number of benzene rings is 1. The van der Waals surface area contributed by atoms with Crippen molar-refractivity contribution < 1.29 is 8.42 Å². The van der Waals surface area contributed by atoms with Gasteiger partial charge in [-0.25, -0.2) is 8.42 Å². The quantitative estimate of drug-likeness (QED) is 0.913. The smallest absolute Gasteiger partial charge is 0.182 e. The molecule has 1 fully saturated rings. The fourth-order valence-corrected chi connectivity index (χ4v) is 4.96. The van der Waals surface area contributed by atoms with Gasteiger partial charge in [0.1, 0.15) is 0 Å². The highest BCUT2D eigenvalue weighted by Gasteiger charge is 2.37. The third-order valence-electron chi connectivity index (χ3n) is 3.90. The molecular weight excluding hydrogens is 246 g/mol. The maximum absolute atomic E-state index is 12.7. The third-order valence-corrected chi connectivity index (χ3v) is 6.14. The fourth-order valence-electron chi connectivity index (χ4n) is 2.79. The first kappa shape index (κ1) is 13.6. The predicted molar refractivity (Wildman–Crippen MR) is 73.3 cm³/mol. The van der Waals surface area contributed by atoms with E-state index in [0.29, 0.717) is 10.8 Å². The van der Waals surface area contributed by atoms with Gasteiger partial charge in [0.05, 0.1) is 10.1 Å². The van der Waals surface area contributed by atoms with Crippen LogP contribution in [-0.4, -0.2) is 26.8 Å². The molecule has 0 saturated heterocycles. The van der Waals surface area contributed by atoms with Crippen LogP contribution in [0.15, 0.2) is 35.2 Å². The lowest BCUT2D eigenvalue weighted by molar-refractivity contribution is 0.319. The van der Waals surface area contributed by atoms with Crippen molar-refractivity contribution in [3.8, 4) is 0 Å². The molecule has 1 aromatic carbocycles. The molecule has 1 saturated carbocycles. The Balaban J connectivity index is 2.33. The Morgan fingerprint density at radius 1 is 1.17 bits per heavy atom. The van der Waals surface area contributed by atoms with Crippen molar-refractivity contribution in [2.75, 3.05) is 7.05 Å². The van der Waals surface area contributed by atoms with Gasteiger partial charge in [-0.1, -0.05) is 25.1 Å². The predicted octanol–water partition coefficient (Wildman–Crippen LogP) is 2.24. The largest absolute Gasteiger partial charge is 0.316 e. The lowest BCUT2D eigenvalue weighted by Crippen LogP contribution is -2.46. The highest BCUT2D eigenvalue weighted by molar-refractivity contribution is 7.92. The highest BCUT2D eigenvalue weighted by Crippen LogP contribution is 2.31. The second-order valence-electron chi connectivity index (χ2n) is 5.21. The molecule has 18 heavy (non-hydrogen) atoms. The Hall–Kier alpha value is -0.870. The minimum Gasteiger partial charge on any atom is -0.316 e. The van der Waals surface area contributed by atoms with Gasteiger partial charge < -0.3 is 5.32 Å². The molecule has 0 heterocycles. The molecule has 2 rings (SSSR count). The van der Waals surface area contributed by atoms with Gasteiger partial charge in [0.25, 0.3) is 0 Å². The first-order chi connectivity index (χ1) is 8.55. The third kappa shape index (κ3) is 2.59. The zero-order chi connectivity index (χ0) is 13.2. The van der Waals surface area contributed by atoms with Gasteiger partial charge in [0.2, 0.25) is 0 Å². The van der Waals surface area contributed by atoms with Crippen LogP contribution in [0, 0.1) is 5.92 Å². The Kier molecular flexibility index (Phi) is 4.07. The van der Waals surface area contributed by atoms with Gasteiger partial charge in [0, 0.05) is 6.04 Å². The Morgan fingerprint density at radius 2 is 1.83 bits per heavy atom. The molecule has 0 radical (unpaired) electrons.